The van der Waals surface area contributed by atoms with Crippen molar-refractivity contribution in [1.29, 1.82) is 0 Å². The highest BCUT2D eigenvalue weighted by Gasteiger charge is 2.19. The van der Waals surface area contributed by atoms with Gasteiger partial charge in [0.2, 0.25) is 5.82 Å². The molecule has 0 bridgehead atoms. The van der Waals surface area contributed by atoms with Crippen LogP contribution in [0.15, 0.2) is 47.1 Å². The van der Waals surface area contributed by atoms with Crippen LogP contribution < -0.4 is 21.3 Å². The lowest BCUT2D eigenvalue weighted by atomic mass is 10.2. The average molecular weight is 670 g/mol. The zero-order chi connectivity index (χ0) is 33.2. The summed E-state index contributed by atoms with van der Waals surface area (Å²) in [6.45, 7) is 8.03. The Morgan fingerprint density at radius 1 is 1.17 bits per heavy atom. The number of aromatic nitrogens is 5. The van der Waals surface area contributed by atoms with Crippen LogP contribution >= 0.6 is 22.9 Å². The van der Waals surface area contributed by atoms with Gasteiger partial charge in [-0.15, -0.1) is 5.11 Å². The Morgan fingerprint density at radius 2 is 1.93 bits per heavy atom. The fourth-order valence-electron chi connectivity index (χ4n) is 4.31. The first kappa shape index (κ1) is 34.2. The van der Waals surface area contributed by atoms with Crippen molar-refractivity contribution in [3.05, 3.63) is 63.8 Å². The Hall–Kier alpha value is -4.71. The summed E-state index contributed by atoms with van der Waals surface area (Å²) < 4.78 is 0. The summed E-state index contributed by atoms with van der Waals surface area (Å²) in [5, 5.41) is 25.1. The molecule has 3 aromatic heterocycles. The number of rotatable bonds is 10. The summed E-state index contributed by atoms with van der Waals surface area (Å²) in [5.74, 6) is 1.44. The Morgan fingerprint density at radius 3 is 2.61 bits per heavy atom. The number of para-hydroxylation sites is 1. The van der Waals surface area contributed by atoms with E-state index in [-0.39, 0.29) is 24.0 Å². The minimum atomic E-state index is -0.606. The molecule has 16 nitrogen and oxygen atoms in total. The molecule has 0 atom stereocenters. The van der Waals surface area contributed by atoms with Crippen LogP contribution in [0.2, 0.25) is 5.02 Å². The fraction of sp³-hybridized carbons (Fsp3) is 0.357. The monoisotopic (exact) mass is 669 g/mol. The number of carbonyl (C=O) groups is 2. The number of carbonyl (C=O) groups excluding carboxylic acids is 2. The number of nitrogens with one attached hydrogen (secondary N) is 3. The van der Waals surface area contributed by atoms with Crippen molar-refractivity contribution in [1.82, 2.24) is 34.8 Å². The number of primary amides is 1. The molecule has 4 heterocycles. The zero-order valence-corrected chi connectivity index (χ0v) is 27.4. The number of amides is 2. The van der Waals surface area contributed by atoms with Gasteiger partial charge in [0.25, 0.3) is 11.8 Å². The molecule has 1 aliphatic rings. The zero-order valence-electron chi connectivity index (χ0n) is 25.9. The summed E-state index contributed by atoms with van der Waals surface area (Å²) in [5.41, 5.74) is 6.69. The summed E-state index contributed by atoms with van der Waals surface area (Å²) in [7, 11) is 3.42. The molecular weight excluding hydrogens is 634 g/mol. The van der Waals surface area contributed by atoms with E-state index in [1.165, 1.54) is 28.9 Å². The van der Waals surface area contributed by atoms with Gasteiger partial charge in [-0.3, -0.25) is 19.5 Å². The van der Waals surface area contributed by atoms with Crippen LogP contribution in [0.5, 0.6) is 0 Å². The van der Waals surface area contributed by atoms with Gasteiger partial charge in [-0.1, -0.05) is 40.3 Å². The number of nitrogens with two attached hydrogens (primary N) is 1. The van der Waals surface area contributed by atoms with E-state index in [1.807, 2.05) is 32.0 Å². The first-order chi connectivity index (χ1) is 22.0. The highest BCUT2D eigenvalue weighted by atomic mass is 35.5. The number of benzene rings is 1. The van der Waals surface area contributed by atoms with Gasteiger partial charge in [-0.2, -0.15) is 0 Å². The molecule has 6 N–H and O–H groups in total. The van der Waals surface area contributed by atoms with E-state index in [0.717, 1.165) is 37.6 Å². The number of thiazole rings is 1. The van der Waals surface area contributed by atoms with E-state index in [2.05, 4.69) is 55.7 Å². The maximum atomic E-state index is 12.7. The molecule has 0 radical (unpaired) electrons. The normalized spacial score (nSPS) is 13.3. The van der Waals surface area contributed by atoms with Crippen LogP contribution in [0, 0.1) is 13.8 Å². The third-order valence-corrected chi connectivity index (χ3v) is 7.77. The average Bonchev–Trinajstić information content (AvgIpc) is 3.69. The number of halogens is 1. The molecule has 0 spiro atoms. The summed E-state index contributed by atoms with van der Waals surface area (Å²) in [6, 6.07) is 7.37. The predicted octanol–water partition coefficient (Wildman–Crippen LogP) is 3.38. The van der Waals surface area contributed by atoms with Crippen LogP contribution in [-0.4, -0.2) is 105 Å². The molecule has 0 saturated carbocycles. The first-order valence-electron chi connectivity index (χ1n) is 14.2. The Bertz CT molecular complexity index is 1650. The smallest absolute Gasteiger partial charge is 0.269 e. The van der Waals surface area contributed by atoms with Crippen molar-refractivity contribution in [2.24, 2.45) is 16.1 Å². The third kappa shape index (κ3) is 9.40. The van der Waals surface area contributed by atoms with Gasteiger partial charge in [-0.05, 0) is 25.5 Å². The molecule has 5 rings (SSSR count). The first-order valence-corrected chi connectivity index (χ1v) is 15.4. The van der Waals surface area contributed by atoms with Gasteiger partial charge in [0.05, 0.1) is 29.8 Å². The summed E-state index contributed by atoms with van der Waals surface area (Å²) in [6.07, 6.45) is 2.87. The molecule has 4 aromatic rings. The highest BCUT2D eigenvalue weighted by molar-refractivity contribution is 7.17. The maximum Gasteiger partial charge on any atom is 0.269 e. The number of aliphatic hydroxyl groups is 1. The van der Waals surface area contributed by atoms with Crippen LogP contribution in [0.4, 0.5) is 28.3 Å². The predicted molar refractivity (Wildman–Crippen MR) is 177 cm³/mol. The van der Waals surface area contributed by atoms with Crippen molar-refractivity contribution in [3.8, 4) is 0 Å². The van der Waals surface area contributed by atoms with Crippen molar-refractivity contribution >= 4 is 63.0 Å². The second-order valence-corrected chi connectivity index (χ2v) is 11.7. The van der Waals surface area contributed by atoms with Gasteiger partial charge in [0.15, 0.2) is 10.8 Å². The van der Waals surface area contributed by atoms with Crippen molar-refractivity contribution < 1.29 is 14.7 Å². The lowest BCUT2D eigenvalue weighted by molar-refractivity contribution is 0.0994. The number of aryl methyl sites for hydroxylation is 2. The third-order valence-electron chi connectivity index (χ3n) is 6.55. The van der Waals surface area contributed by atoms with Crippen molar-refractivity contribution in [2.75, 3.05) is 69.0 Å². The molecule has 1 aliphatic heterocycles. The number of H-pyrrole nitrogens is 1. The second kappa shape index (κ2) is 16.0. The second-order valence-electron chi connectivity index (χ2n) is 10.3. The lowest BCUT2D eigenvalue weighted by Gasteiger charge is -2.35. The molecule has 1 saturated heterocycles. The number of anilines is 4. The van der Waals surface area contributed by atoms with Gasteiger partial charge < -0.3 is 31.4 Å². The molecule has 0 unspecified atom stereocenters. The molecule has 1 fully saturated rings. The van der Waals surface area contributed by atoms with Crippen LogP contribution in [-0.2, 0) is 0 Å². The SMILES string of the molecule is CN(C)N=Nc1nc[nH]c1C(N)=O.Cc1nc(Nc2ncc(C(=O)Nc3c(C)cccc3Cl)s2)cc(N2CCN(CCO)CC2)n1. The van der Waals surface area contributed by atoms with Gasteiger partial charge in [-0.25, -0.2) is 19.9 Å². The lowest BCUT2D eigenvalue weighted by Crippen LogP contribution is -2.47. The molecular formula is C28H36ClN13O3S. The highest BCUT2D eigenvalue weighted by Crippen LogP contribution is 2.28. The van der Waals surface area contributed by atoms with Crippen LogP contribution in [0.25, 0.3) is 0 Å². The molecule has 1 aromatic carbocycles. The van der Waals surface area contributed by atoms with Crippen molar-refractivity contribution in [3.63, 3.8) is 0 Å². The quantitative estimate of drug-likeness (QED) is 0.122. The Kier molecular flexibility index (Phi) is 11.9. The van der Waals surface area contributed by atoms with Crippen LogP contribution in [0.1, 0.15) is 31.5 Å². The molecule has 2 amide bonds. The molecule has 18 heteroatoms. The molecule has 46 heavy (non-hydrogen) atoms. The standard InChI is InChI=1S/C22H26ClN7O2S.C6H10N6O/c1-14-4-3-5-16(23)20(14)28-21(32)17-13-24-22(33-17)27-18-12-19(26-15(2)25-18)30-8-6-29(7-9-30)10-11-31;1-12(2)11-10-6-4(5(7)13)8-3-9-6/h3-5,12-13,31H,6-11H2,1-2H3,(H,28,32)(H,24,25,26,27);3H,1-2H3,(H2,7,13)(H,8,9). The van der Waals surface area contributed by atoms with E-state index in [0.29, 0.717) is 38.9 Å². The van der Waals surface area contributed by atoms with Gasteiger partial charge in [0.1, 0.15) is 22.3 Å². The van der Waals surface area contributed by atoms with E-state index in [9.17, 15) is 9.59 Å². The van der Waals surface area contributed by atoms with Crippen LogP contribution in [0.3, 0.4) is 0 Å². The van der Waals surface area contributed by atoms with Gasteiger partial charge in [0, 0.05) is 52.9 Å². The van der Waals surface area contributed by atoms with E-state index in [1.54, 1.807) is 20.2 Å². The minimum Gasteiger partial charge on any atom is -0.395 e. The Balaban J connectivity index is 0.000000310. The van der Waals surface area contributed by atoms with E-state index < -0.39 is 5.91 Å². The topological polar surface area (TPSA) is 206 Å². The van der Waals surface area contributed by atoms with Gasteiger partial charge >= 0.3 is 0 Å². The Labute approximate surface area is 274 Å². The number of hydrogen-bond donors (Lipinski definition) is 5. The number of aromatic amines is 1. The fourth-order valence-corrected chi connectivity index (χ4v) is 5.30. The minimum absolute atomic E-state index is 0.158. The van der Waals surface area contributed by atoms with E-state index in [4.69, 9.17) is 22.4 Å². The number of nitrogens with zero attached hydrogens (tertiary/aromatic N) is 9. The largest absolute Gasteiger partial charge is 0.395 e. The summed E-state index contributed by atoms with van der Waals surface area (Å²) in [4.78, 5) is 48.1. The summed E-state index contributed by atoms with van der Waals surface area (Å²) >= 11 is 7.46. The number of imidazole rings is 1. The maximum absolute atomic E-state index is 12.7. The molecule has 0 aliphatic carbocycles. The van der Waals surface area contributed by atoms with E-state index >= 15 is 0 Å². The number of piperazine rings is 1. The number of hydrogen-bond acceptors (Lipinski definition) is 13. The number of β-amino-alcohol motifs (C(OH)–C–C–N with tert-alkyl or cyclic N) is 1. The number of aliphatic hydroxyl groups excluding tert-OH is 1. The molecule has 244 valence electrons. The van der Waals surface area contributed by atoms with Crippen molar-refractivity contribution in [2.45, 2.75) is 13.8 Å².